The van der Waals surface area contributed by atoms with E-state index < -0.39 is 40.5 Å². The van der Waals surface area contributed by atoms with E-state index in [4.69, 9.17) is 10.8 Å². The van der Waals surface area contributed by atoms with E-state index >= 15 is 0 Å². The number of rotatable bonds is 7. The summed E-state index contributed by atoms with van der Waals surface area (Å²) in [6.07, 6.45) is 0. The monoisotopic (exact) mass is 341 g/mol. The summed E-state index contributed by atoms with van der Waals surface area (Å²) >= 11 is 0. The van der Waals surface area contributed by atoms with Crippen molar-refractivity contribution < 1.29 is 19.8 Å². The number of aromatic hydroxyl groups is 1. The Balaban J connectivity index is 3.75. The van der Waals surface area contributed by atoms with Crippen molar-refractivity contribution in [1.29, 1.82) is 0 Å². The predicted molar refractivity (Wildman–Crippen MR) is 86.2 cm³/mol. The molecule has 0 aliphatic rings. The van der Waals surface area contributed by atoms with Crippen molar-refractivity contribution in [3.05, 3.63) is 26.4 Å². The van der Waals surface area contributed by atoms with E-state index in [9.17, 15) is 24.3 Å². The van der Waals surface area contributed by atoms with Crippen molar-refractivity contribution in [2.45, 2.75) is 46.8 Å². The maximum absolute atomic E-state index is 12.5. The third-order valence-electron chi connectivity index (χ3n) is 3.29. The molecule has 0 radical (unpaired) electrons. The Hall–Kier alpha value is -2.42. The number of ketones is 1. The van der Waals surface area contributed by atoms with Gasteiger partial charge in [0.15, 0.2) is 6.04 Å². The SMILES string of the molecule is CC(C)Cn1c(O)c(C(=O)C(N)C(=O)O)c(=O)n(CC(C)C)c1=O. The fourth-order valence-corrected chi connectivity index (χ4v) is 2.23. The maximum atomic E-state index is 12.5. The van der Waals surface area contributed by atoms with Crippen molar-refractivity contribution >= 4 is 11.8 Å². The molecule has 0 bridgehead atoms. The lowest BCUT2D eigenvalue weighted by Crippen LogP contribution is -2.47. The number of carboxylic acid groups (broad SMARTS) is 1. The van der Waals surface area contributed by atoms with Gasteiger partial charge >= 0.3 is 11.7 Å². The normalized spacial score (nSPS) is 12.6. The molecule has 134 valence electrons. The summed E-state index contributed by atoms with van der Waals surface area (Å²) < 4.78 is 1.73. The highest BCUT2D eigenvalue weighted by Crippen LogP contribution is 2.15. The van der Waals surface area contributed by atoms with Gasteiger partial charge in [0.05, 0.1) is 0 Å². The fourth-order valence-electron chi connectivity index (χ4n) is 2.23. The first kappa shape index (κ1) is 19.6. The van der Waals surface area contributed by atoms with E-state index in [1.165, 1.54) is 0 Å². The predicted octanol–water partition coefficient (Wildman–Crippen LogP) is -0.378. The summed E-state index contributed by atoms with van der Waals surface area (Å²) in [7, 11) is 0. The molecule has 0 aromatic carbocycles. The standard InChI is InChI=1S/C15H23N3O6/c1-7(2)5-17-12(20)9(11(19)10(16)14(22)23)13(21)18(15(17)24)6-8(3)4/h7-8,10,20H,5-6,16H2,1-4H3,(H,22,23). The summed E-state index contributed by atoms with van der Waals surface area (Å²) in [4.78, 5) is 48.1. The zero-order chi connectivity index (χ0) is 18.8. The van der Waals surface area contributed by atoms with Gasteiger partial charge in [-0.05, 0) is 11.8 Å². The van der Waals surface area contributed by atoms with Crippen molar-refractivity contribution in [3.63, 3.8) is 0 Å². The Morgan fingerprint density at radius 1 is 1.04 bits per heavy atom. The quantitative estimate of drug-likeness (QED) is 0.453. The number of nitrogens with zero attached hydrogens (tertiary/aromatic N) is 2. The second kappa shape index (κ2) is 7.43. The highest BCUT2D eigenvalue weighted by molar-refractivity contribution is 6.12. The van der Waals surface area contributed by atoms with Gasteiger partial charge in [0.25, 0.3) is 5.56 Å². The minimum Gasteiger partial charge on any atom is -0.494 e. The molecule has 1 atom stereocenters. The van der Waals surface area contributed by atoms with Gasteiger partial charge in [-0.3, -0.25) is 23.5 Å². The molecule has 4 N–H and O–H groups in total. The van der Waals surface area contributed by atoms with Gasteiger partial charge < -0.3 is 15.9 Å². The third kappa shape index (κ3) is 3.91. The lowest BCUT2D eigenvalue weighted by Gasteiger charge is -2.18. The van der Waals surface area contributed by atoms with Gasteiger partial charge in [-0.1, -0.05) is 27.7 Å². The van der Waals surface area contributed by atoms with E-state index in [2.05, 4.69) is 0 Å². The summed E-state index contributed by atoms with van der Waals surface area (Å²) in [5.41, 5.74) is 2.72. The first-order valence-corrected chi connectivity index (χ1v) is 7.58. The Labute approximate surface area is 138 Å². The van der Waals surface area contributed by atoms with Crippen LogP contribution in [0.2, 0.25) is 0 Å². The summed E-state index contributed by atoms with van der Waals surface area (Å²) in [6, 6.07) is -2.00. The van der Waals surface area contributed by atoms with Crippen LogP contribution in [0.5, 0.6) is 5.88 Å². The summed E-state index contributed by atoms with van der Waals surface area (Å²) in [5.74, 6) is -3.85. The molecular weight excluding hydrogens is 318 g/mol. The molecule has 0 saturated carbocycles. The number of carbonyl (C=O) groups is 2. The average molecular weight is 341 g/mol. The lowest BCUT2D eigenvalue weighted by molar-refractivity contribution is -0.137. The van der Waals surface area contributed by atoms with Crippen LogP contribution in [-0.2, 0) is 17.9 Å². The number of Topliss-reactive ketones (excluding diaryl/α,β-unsaturated/α-hetero) is 1. The zero-order valence-electron chi connectivity index (χ0n) is 14.1. The summed E-state index contributed by atoms with van der Waals surface area (Å²) in [5, 5.41) is 19.1. The van der Waals surface area contributed by atoms with Crippen LogP contribution in [0.25, 0.3) is 0 Å². The van der Waals surface area contributed by atoms with Crippen molar-refractivity contribution in [1.82, 2.24) is 9.13 Å². The van der Waals surface area contributed by atoms with Gasteiger partial charge in [-0.15, -0.1) is 0 Å². The molecule has 9 nitrogen and oxygen atoms in total. The number of nitrogens with two attached hydrogens (primary N) is 1. The molecule has 0 spiro atoms. The molecule has 1 heterocycles. The third-order valence-corrected chi connectivity index (χ3v) is 3.29. The lowest BCUT2D eigenvalue weighted by atomic mass is 10.1. The molecule has 0 aliphatic heterocycles. The second-order valence-electron chi connectivity index (χ2n) is 6.48. The van der Waals surface area contributed by atoms with Gasteiger partial charge in [0, 0.05) is 13.1 Å². The first-order chi connectivity index (χ1) is 11.0. The molecule has 0 aliphatic carbocycles. The second-order valence-corrected chi connectivity index (χ2v) is 6.48. The molecule has 0 fully saturated rings. The molecule has 1 rings (SSSR count). The number of carbonyl (C=O) groups excluding carboxylic acids is 1. The Morgan fingerprint density at radius 3 is 1.92 bits per heavy atom. The Kier molecular flexibility index (Phi) is 6.08. The minimum absolute atomic E-state index is 0.0264. The van der Waals surface area contributed by atoms with Crippen LogP contribution < -0.4 is 17.0 Å². The van der Waals surface area contributed by atoms with Crippen molar-refractivity contribution in [2.24, 2.45) is 17.6 Å². The minimum atomic E-state index is -2.00. The van der Waals surface area contributed by atoms with Crippen LogP contribution in [0.1, 0.15) is 38.1 Å². The van der Waals surface area contributed by atoms with E-state index in [1.54, 1.807) is 27.7 Å². The number of hydrogen-bond acceptors (Lipinski definition) is 6. The Bertz CT molecular complexity index is 760. The molecule has 0 amide bonds. The first-order valence-electron chi connectivity index (χ1n) is 7.58. The van der Waals surface area contributed by atoms with E-state index in [0.717, 1.165) is 9.13 Å². The van der Waals surface area contributed by atoms with Crippen LogP contribution in [0.15, 0.2) is 9.59 Å². The van der Waals surface area contributed by atoms with E-state index in [1.807, 2.05) is 0 Å². The molecule has 1 unspecified atom stereocenters. The molecule has 9 heteroatoms. The summed E-state index contributed by atoms with van der Waals surface area (Å²) in [6.45, 7) is 7.21. The van der Waals surface area contributed by atoms with Crippen LogP contribution in [0.3, 0.4) is 0 Å². The number of carboxylic acids is 1. The number of aromatic nitrogens is 2. The van der Waals surface area contributed by atoms with E-state index in [0.29, 0.717) is 0 Å². The average Bonchev–Trinajstić information content (AvgIpc) is 2.46. The smallest absolute Gasteiger partial charge is 0.333 e. The number of aliphatic carboxylic acids is 1. The zero-order valence-corrected chi connectivity index (χ0v) is 14.1. The van der Waals surface area contributed by atoms with Crippen LogP contribution in [0.4, 0.5) is 0 Å². The Morgan fingerprint density at radius 2 is 1.50 bits per heavy atom. The van der Waals surface area contributed by atoms with Crippen molar-refractivity contribution in [3.8, 4) is 5.88 Å². The molecule has 1 aromatic heterocycles. The van der Waals surface area contributed by atoms with Gasteiger partial charge in [-0.2, -0.15) is 0 Å². The maximum Gasteiger partial charge on any atom is 0.333 e. The molecule has 0 saturated heterocycles. The highest BCUT2D eigenvalue weighted by Gasteiger charge is 2.31. The van der Waals surface area contributed by atoms with Crippen LogP contribution in [0, 0.1) is 11.8 Å². The van der Waals surface area contributed by atoms with Gasteiger partial charge in [0.2, 0.25) is 11.7 Å². The largest absolute Gasteiger partial charge is 0.494 e. The number of hydrogen-bond donors (Lipinski definition) is 3. The topological polar surface area (TPSA) is 145 Å². The van der Waals surface area contributed by atoms with Gasteiger partial charge in [-0.25, -0.2) is 4.79 Å². The van der Waals surface area contributed by atoms with E-state index in [-0.39, 0.29) is 24.9 Å². The molecule has 24 heavy (non-hydrogen) atoms. The van der Waals surface area contributed by atoms with Crippen LogP contribution >= 0.6 is 0 Å². The molecular formula is C15H23N3O6. The molecule has 1 aromatic rings. The fraction of sp³-hybridized carbons (Fsp3) is 0.600. The van der Waals surface area contributed by atoms with Crippen molar-refractivity contribution in [2.75, 3.05) is 0 Å². The highest BCUT2D eigenvalue weighted by atomic mass is 16.4. The van der Waals surface area contributed by atoms with Crippen LogP contribution in [-0.4, -0.2) is 37.1 Å². The van der Waals surface area contributed by atoms with Gasteiger partial charge in [0.1, 0.15) is 5.56 Å².